The van der Waals surface area contributed by atoms with Crippen molar-refractivity contribution in [3.8, 4) is 0 Å². The van der Waals surface area contributed by atoms with E-state index in [4.69, 9.17) is 23.8 Å². The first-order valence-corrected chi connectivity index (χ1v) is 6.74. The van der Waals surface area contributed by atoms with Crippen LogP contribution >= 0.6 is 23.8 Å². The number of rotatable bonds is 6. The smallest absolute Gasteiger partial charge is 0.305 e. The van der Waals surface area contributed by atoms with Crippen molar-refractivity contribution < 1.29 is 9.53 Å². The molecular weight excluding hydrogens is 284 g/mol. The average molecular weight is 301 g/mol. The van der Waals surface area contributed by atoms with Gasteiger partial charge in [0.05, 0.1) is 7.11 Å². The second-order valence-corrected chi connectivity index (χ2v) is 4.70. The van der Waals surface area contributed by atoms with E-state index in [-0.39, 0.29) is 5.97 Å². The van der Waals surface area contributed by atoms with Crippen molar-refractivity contribution in [3.05, 3.63) is 34.9 Å². The lowest BCUT2D eigenvalue weighted by Crippen LogP contribution is -2.35. The lowest BCUT2D eigenvalue weighted by molar-refractivity contribution is -0.140. The lowest BCUT2D eigenvalue weighted by atomic mass is 10.2. The third-order valence-corrected chi connectivity index (χ3v) is 3.13. The number of hydrogen-bond donors (Lipinski definition) is 2. The number of halogens is 1. The molecule has 0 unspecified atom stereocenters. The Hall–Kier alpha value is -1.33. The van der Waals surface area contributed by atoms with Gasteiger partial charge in [-0.3, -0.25) is 4.79 Å². The zero-order valence-electron chi connectivity index (χ0n) is 10.7. The Balaban J connectivity index is 2.18. The first-order valence-electron chi connectivity index (χ1n) is 5.95. The SMILES string of the molecule is COC(=O)CCCNC(=S)NCc1ccccc1Cl. The number of thiocarbonyl (C=S) groups is 1. The Morgan fingerprint density at radius 1 is 1.37 bits per heavy atom. The Kier molecular flexibility index (Phi) is 7.22. The molecule has 0 aliphatic heterocycles. The molecule has 0 aromatic heterocycles. The van der Waals surface area contributed by atoms with Crippen molar-refractivity contribution in [3.63, 3.8) is 0 Å². The Labute approximate surface area is 123 Å². The van der Waals surface area contributed by atoms with Crippen LogP contribution in [0.1, 0.15) is 18.4 Å². The fourth-order valence-corrected chi connectivity index (χ4v) is 1.79. The van der Waals surface area contributed by atoms with Gasteiger partial charge in [-0.05, 0) is 30.3 Å². The van der Waals surface area contributed by atoms with Crippen molar-refractivity contribution in [2.75, 3.05) is 13.7 Å². The van der Waals surface area contributed by atoms with Gasteiger partial charge in [0.2, 0.25) is 0 Å². The van der Waals surface area contributed by atoms with Crippen LogP contribution in [0.25, 0.3) is 0 Å². The summed E-state index contributed by atoms with van der Waals surface area (Å²) < 4.78 is 4.55. The van der Waals surface area contributed by atoms with Crippen LogP contribution in [0.2, 0.25) is 5.02 Å². The van der Waals surface area contributed by atoms with Crippen LogP contribution in [0.15, 0.2) is 24.3 Å². The molecular formula is C13H17ClN2O2S. The molecule has 1 aromatic rings. The van der Waals surface area contributed by atoms with Crippen LogP contribution in [-0.4, -0.2) is 24.7 Å². The molecule has 0 radical (unpaired) electrons. The molecule has 0 amide bonds. The van der Waals surface area contributed by atoms with E-state index in [2.05, 4.69) is 15.4 Å². The molecule has 0 aliphatic rings. The maximum atomic E-state index is 10.9. The normalized spacial score (nSPS) is 9.79. The third kappa shape index (κ3) is 6.40. The number of esters is 1. The van der Waals surface area contributed by atoms with E-state index < -0.39 is 0 Å². The third-order valence-electron chi connectivity index (χ3n) is 2.47. The zero-order chi connectivity index (χ0) is 14.1. The van der Waals surface area contributed by atoms with Crippen molar-refractivity contribution >= 4 is 34.9 Å². The Bertz CT molecular complexity index is 440. The summed E-state index contributed by atoms with van der Waals surface area (Å²) in [6.45, 7) is 1.20. The van der Waals surface area contributed by atoms with Crippen LogP contribution in [0, 0.1) is 0 Å². The molecule has 0 spiro atoms. The molecule has 0 saturated heterocycles. The summed E-state index contributed by atoms with van der Waals surface area (Å²) in [5, 5.41) is 7.34. The quantitative estimate of drug-likeness (QED) is 0.479. The van der Waals surface area contributed by atoms with Crippen LogP contribution in [0.4, 0.5) is 0 Å². The highest BCUT2D eigenvalue weighted by atomic mass is 35.5. The monoisotopic (exact) mass is 300 g/mol. The summed E-state index contributed by atoms with van der Waals surface area (Å²) in [5.41, 5.74) is 0.989. The van der Waals surface area contributed by atoms with Gasteiger partial charge in [-0.2, -0.15) is 0 Å². The maximum absolute atomic E-state index is 10.9. The predicted octanol–water partition coefficient (Wildman–Crippen LogP) is 2.26. The number of benzene rings is 1. The van der Waals surface area contributed by atoms with Gasteiger partial charge in [-0.15, -0.1) is 0 Å². The summed E-state index contributed by atoms with van der Waals surface area (Å²) >= 11 is 11.2. The summed E-state index contributed by atoms with van der Waals surface area (Å²) in [4.78, 5) is 10.9. The van der Waals surface area contributed by atoms with E-state index in [1.807, 2.05) is 24.3 Å². The van der Waals surface area contributed by atoms with E-state index in [0.29, 0.717) is 36.1 Å². The summed E-state index contributed by atoms with van der Waals surface area (Å²) in [6.07, 6.45) is 1.07. The second kappa shape index (κ2) is 8.72. The van der Waals surface area contributed by atoms with E-state index in [1.54, 1.807) is 0 Å². The number of ether oxygens (including phenoxy) is 1. The van der Waals surface area contributed by atoms with E-state index >= 15 is 0 Å². The first kappa shape index (κ1) is 15.7. The zero-order valence-corrected chi connectivity index (χ0v) is 12.3. The number of carbonyl (C=O) groups excluding carboxylic acids is 1. The van der Waals surface area contributed by atoms with Crippen LogP contribution in [0.5, 0.6) is 0 Å². The Morgan fingerprint density at radius 2 is 2.11 bits per heavy atom. The molecule has 0 atom stereocenters. The van der Waals surface area contributed by atoms with Crippen LogP contribution < -0.4 is 10.6 Å². The molecule has 19 heavy (non-hydrogen) atoms. The van der Waals surface area contributed by atoms with Crippen molar-refractivity contribution in [2.24, 2.45) is 0 Å². The van der Waals surface area contributed by atoms with Gasteiger partial charge in [-0.1, -0.05) is 29.8 Å². The topological polar surface area (TPSA) is 50.4 Å². The minimum absolute atomic E-state index is 0.211. The molecule has 6 heteroatoms. The summed E-state index contributed by atoms with van der Waals surface area (Å²) in [7, 11) is 1.38. The van der Waals surface area contributed by atoms with Crippen LogP contribution in [0.3, 0.4) is 0 Å². The molecule has 104 valence electrons. The number of hydrogen-bond acceptors (Lipinski definition) is 3. The van der Waals surface area contributed by atoms with Crippen molar-refractivity contribution in [1.82, 2.24) is 10.6 Å². The number of carbonyl (C=O) groups is 1. The van der Waals surface area contributed by atoms with Gasteiger partial charge in [0.25, 0.3) is 0 Å². The average Bonchev–Trinajstić information content (AvgIpc) is 2.42. The molecule has 4 nitrogen and oxygen atoms in total. The predicted molar refractivity (Wildman–Crippen MR) is 80.1 cm³/mol. The maximum Gasteiger partial charge on any atom is 0.305 e. The van der Waals surface area contributed by atoms with Gasteiger partial charge >= 0.3 is 5.97 Å². The standard InChI is InChI=1S/C13H17ClN2O2S/c1-18-12(17)7-4-8-15-13(19)16-9-10-5-2-3-6-11(10)14/h2-3,5-6H,4,7-9H2,1H3,(H2,15,16,19). The highest BCUT2D eigenvalue weighted by Gasteiger charge is 2.02. The van der Waals surface area contributed by atoms with Gasteiger partial charge in [0.1, 0.15) is 0 Å². The molecule has 0 aliphatic carbocycles. The van der Waals surface area contributed by atoms with Crippen molar-refractivity contribution in [1.29, 1.82) is 0 Å². The minimum atomic E-state index is -0.211. The van der Waals surface area contributed by atoms with E-state index in [0.717, 1.165) is 5.56 Å². The molecule has 0 bridgehead atoms. The van der Waals surface area contributed by atoms with E-state index in [9.17, 15) is 4.79 Å². The van der Waals surface area contributed by atoms with Gasteiger partial charge in [0, 0.05) is 24.5 Å². The number of nitrogens with one attached hydrogen (secondary N) is 2. The van der Waals surface area contributed by atoms with Crippen molar-refractivity contribution in [2.45, 2.75) is 19.4 Å². The molecule has 0 saturated carbocycles. The molecule has 0 fully saturated rings. The van der Waals surface area contributed by atoms with Crippen LogP contribution in [-0.2, 0) is 16.1 Å². The summed E-state index contributed by atoms with van der Waals surface area (Å²) in [6, 6.07) is 7.59. The summed E-state index contributed by atoms with van der Waals surface area (Å²) in [5.74, 6) is -0.211. The van der Waals surface area contributed by atoms with Gasteiger partial charge in [-0.25, -0.2) is 0 Å². The van der Waals surface area contributed by atoms with Gasteiger partial charge in [0.15, 0.2) is 5.11 Å². The van der Waals surface area contributed by atoms with E-state index in [1.165, 1.54) is 7.11 Å². The number of methoxy groups -OCH3 is 1. The fraction of sp³-hybridized carbons (Fsp3) is 0.385. The molecule has 0 heterocycles. The fourth-order valence-electron chi connectivity index (χ4n) is 1.42. The van der Waals surface area contributed by atoms with Gasteiger partial charge < -0.3 is 15.4 Å². The minimum Gasteiger partial charge on any atom is -0.469 e. The highest BCUT2D eigenvalue weighted by molar-refractivity contribution is 7.80. The second-order valence-electron chi connectivity index (χ2n) is 3.88. The first-order chi connectivity index (χ1) is 9.13. The Morgan fingerprint density at radius 3 is 2.79 bits per heavy atom. The lowest BCUT2D eigenvalue weighted by Gasteiger charge is -2.11. The molecule has 2 N–H and O–H groups in total. The highest BCUT2D eigenvalue weighted by Crippen LogP contribution is 2.14. The molecule has 1 aromatic carbocycles. The molecule has 1 rings (SSSR count). The largest absolute Gasteiger partial charge is 0.469 e.